The number of anilines is 1. The SMILES string of the molecule is Cc1cc(NC(=O)C2CC(c3ccc(F)cc3)=NO2)nn1Cc1ccc(F)cc1Cl. The van der Waals surface area contributed by atoms with Gasteiger partial charge in [-0.2, -0.15) is 5.10 Å². The van der Waals surface area contributed by atoms with Crippen LogP contribution < -0.4 is 5.32 Å². The largest absolute Gasteiger partial charge is 0.382 e. The van der Waals surface area contributed by atoms with Gasteiger partial charge in [0.05, 0.1) is 12.3 Å². The highest BCUT2D eigenvalue weighted by atomic mass is 35.5. The van der Waals surface area contributed by atoms with Crippen molar-refractivity contribution in [1.29, 1.82) is 0 Å². The number of aryl methyl sites for hydroxylation is 1. The molecular weight excluding hydrogens is 414 g/mol. The molecule has 4 rings (SSSR count). The summed E-state index contributed by atoms with van der Waals surface area (Å²) < 4.78 is 27.9. The number of nitrogens with one attached hydrogen (secondary N) is 1. The van der Waals surface area contributed by atoms with Gasteiger partial charge in [-0.15, -0.1) is 0 Å². The summed E-state index contributed by atoms with van der Waals surface area (Å²) >= 11 is 6.08. The molecule has 2 aromatic carbocycles. The molecule has 2 heterocycles. The number of benzene rings is 2. The maximum atomic E-state index is 13.2. The third kappa shape index (κ3) is 4.33. The molecule has 1 unspecified atom stereocenters. The summed E-state index contributed by atoms with van der Waals surface area (Å²) in [5.74, 6) is -0.789. The molecular formula is C21H17ClF2N4O2. The van der Waals surface area contributed by atoms with Gasteiger partial charge >= 0.3 is 0 Å². The van der Waals surface area contributed by atoms with Gasteiger partial charge < -0.3 is 10.2 Å². The van der Waals surface area contributed by atoms with Crippen molar-refractivity contribution in [2.75, 3.05) is 5.32 Å². The molecule has 1 aliphatic rings. The predicted octanol–water partition coefficient (Wildman–Crippen LogP) is 4.30. The molecule has 1 atom stereocenters. The lowest BCUT2D eigenvalue weighted by atomic mass is 10.0. The Balaban J connectivity index is 1.40. The number of carbonyl (C=O) groups excluding carboxylic acids is 1. The third-order valence-corrected chi connectivity index (χ3v) is 5.06. The Morgan fingerprint density at radius 1 is 1.20 bits per heavy atom. The molecule has 6 nitrogen and oxygen atoms in total. The van der Waals surface area contributed by atoms with E-state index in [9.17, 15) is 13.6 Å². The van der Waals surface area contributed by atoms with Crippen molar-refractivity contribution >= 4 is 29.0 Å². The second-order valence-corrected chi connectivity index (χ2v) is 7.30. The fourth-order valence-corrected chi connectivity index (χ4v) is 3.31. The highest BCUT2D eigenvalue weighted by Crippen LogP contribution is 2.21. The van der Waals surface area contributed by atoms with Gasteiger partial charge in [-0.1, -0.05) is 35.0 Å². The maximum absolute atomic E-state index is 13.2. The van der Waals surface area contributed by atoms with E-state index in [-0.39, 0.29) is 18.1 Å². The van der Waals surface area contributed by atoms with Crippen LogP contribution in [0.4, 0.5) is 14.6 Å². The molecule has 30 heavy (non-hydrogen) atoms. The number of rotatable bonds is 5. The normalized spacial score (nSPS) is 15.6. The minimum absolute atomic E-state index is 0.266. The van der Waals surface area contributed by atoms with Crippen LogP contribution in [0.2, 0.25) is 5.02 Å². The smallest absolute Gasteiger partial charge is 0.269 e. The van der Waals surface area contributed by atoms with Crippen LogP contribution in [-0.2, 0) is 16.2 Å². The minimum Gasteiger partial charge on any atom is -0.382 e. The van der Waals surface area contributed by atoms with Crippen LogP contribution >= 0.6 is 11.6 Å². The molecule has 1 aromatic heterocycles. The molecule has 9 heteroatoms. The van der Waals surface area contributed by atoms with Crippen LogP contribution in [-0.4, -0.2) is 27.5 Å². The topological polar surface area (TPSA) is 68.5 Å². The Labute approximate surface area is 176 Å². The van der Waals surface area contributed by atoms with E-state index in [0.717, 1.165) is 5.69 Å². The summed E-state index contributed by atoms with van der Waals surface area (Å²) in [6.07, 6.45) is -0.537. The zero-order valence-electron chi connectivity index (χ0n) is 15.9. The van der Waals surface area contributed by atoms with Gasteiger partial charge in [-0.3, -0.25) is 9.48 Å². The number of hydrogen-bond acceptors (Lipinski definition) is 4. The number of aromatic nitrogens is 2. The highest BCUT2D eigenvalue weighted by Gasteiger charge is 2.29. The lowest BCUT2D eigenvalue weighted by Crippen LogP contribution is -2.28. The van der Waals surface area contributed by atoms with Crippen LogP contribution in [0, 0.1) is 18.6 Å². The average Bonchev–Trinajstić information content (AvgIpc) is 3.32. The van der Waals surface area contributed by atoms with E-state index in [1.807, 2.05) is 6.92 Å². The molecule has 1 N–H and O–H groups in total. The molecule has 1 aliphatic heterocycles. The summed E-state index contributed by atoms with van der Waals surface area (Å²) in [7, 11) is 0. The zero-order chi connectivity index (χ0) is 21.3. The van der Waals surface area contributed by atoms with Gasteiger partial charge in [0.2, 0.25) is 6.10 Å². The molecule has 0 aliphatic carbocycles. The van der Waals surface area contributed by atoms with E-state index in [0.29, 0.717) is 34.2 Å². The molecule has 154 valence electrons. The second kappa shape index (κ2) is 8.23. The first-order chi connectivity index (χ1) is 14.4. The highest BCUT2D eigenvalue weighted by molar-refractivity contribution is 6.31. The minimum atomic E-state index is -0.804. The number of amides is 1. The van der Waals surface area contributed by atoms with Gasteiger partial charge in [-0.25, -0.2) is 8.78 Å². The summed E-state index contributed by atoms with van der Waals surface area (Å²) in [5, 5.41) is 11.3. The summed E-state index contributed by atoms with van der Waals surface area (Å²) in [6, 6.07) is 11.7. The molecule has 0 saturated carbocycles. The van der Waals surface area contributed by atoms with Crippen LogP contribution in [0.3, 0.4) is 0 Å². The Bertz CT molecular complexity index is 1130. The number of carbonyl (C=O) groups is 1. The van der Waals surface area contributed by atoms with Gasteiger partial charge in [-0.05, 0) is 42.3 Å². The van der Waals surface area contributed by atoms with Crippen LogP contribution in [0.5, 0.6) is 0 Å². The molecule has 0 radical (unpaired) electrons. The van der Waals surface area contributed by atoms with Gasteiger partial charge in [0, 0.05) is 23.2 Å². The van der Waals surface area contributed by atoms with E-state index in [1.54, 1.807) is 28.9 Å². The monoisotopic (exact) mass is 430 g/mol. The quantitative estimate of drug-likeness (QED) is 0.656. The van der Waals surface area contributed by atoms with Crippen molar-refractivity contribution in [1.82, 2.24) is 9.78 Å². The Kier molecular flexibility index (Phi) is 5.50. The fraction of sp³-hybridized carbons (Fsp3) is 0.190. The fourth-order valence-electron chi connectivity index (χ4n) is 3.08. The van der Waals surface area contributed by atoms with Crippen LogP contribution in [0.1, 0.15) is 23.2 Å². The van der Waals surface area contributed by atoms with E-state index in [1.165, 1.54) is 24.3 Å². The molecule has 0 fully saturated rings. The molecule has 1 amide bonds. The maximum Gasteiger partial charge on any atom is 0.269 e. The summed E-state index contributed by atoms with van der Waals surface area (Å²) in [4.78, 5) is 17.8. The molecule has 3 aromatic rings. The first-order valence-electron chi connectivity index (χ1n) is 9.17. The number of halogens is 3. The lowest BCUT2D eigenvalue weighted by molar-refractivity contribution is -0.125. The van der Waals surface area contributed by atoms with Crippen molar-refractivity contribution in [2.24, 2.45) is 5.16 Å². The lowest BCUT2D eigenvalue weighted by Gasteiger charge is -2.08. The second-order valence-electron chi connectivity index (χ2n) is 6.90. The van der Waals surface area contributed by atoms with Crippen molar-refractivity contribution in [3.63, 3.8) is 0 Å². The van der Waals surface area contributed by atoms with Crippen LogP contribution in [0.25, 0.3) is 0 Å². The Hall–Kier alpha value is -3.26. The van der Waals surface area contributed by atoms with Crippen molar-refractivity contribution < 1.29 is 18.4 Å². The van der Waals surface area contributed by atoms with Gasteiger partial charge in [0.1, 0.15) is 11.6 Å². The van der Waals surface area contributed by atoms with E-state index >= 15 is 0 Å². The van der Waals surface area contributed by atoms with E-state index in [2.05, 4.69) is 15.6 Å². The molecule has 0 bridgehead atoms. The van der Waals surface area contributed by atoms with E-state index in [4.69, 9.17) is 16.4 Å². The number of nitrogens with zero attached hydrogens (tertiary/aromatic N) is 3. The first kappa shape index (κ1) is 20.0. The Morgan fingerprint density at radius 2 is 1.93 bits per heavy atom. The third-order valence-electron chi connectivity index (χ3n) is 4.71. The first-order valence-corrected chi connectivity index (χ1v) is 9.55. The zero-order valence-corrected chi connectivity index (χ0v) is 16.7. The average molecular weight is 431 g/mol. The number of hydrogen-bond donors (Lipinski definition) is 1. The van der Waals surface area contributed by atoms with Crippen molar-refractivity contribution in [3.05, 3.63) is 82.0 Å². The van der Waals surface area contributed by atoms with Gasteiger partial charge in [0.15, 0.2) is 5.82 Å². The van der Waals surface area contributed by atoms with Crippen LogP contribution in [0.15, 0.2) is 53.7 Å². The predicted molar refractivity (Wildman–Crippen MR) is 109 cm³/mol. The Morgan fingerprint density at radius 3 is 2.67 bits per heavy atom. The van der Waals surface area contributed by atoms with Gasteiger partial charge in [0.25, 0.3) is 5.91 Å². The molecule has 0 saturated heterocycles. The van der Waals surface area contributed by atoms with Crippen molar-refractivity contribution in [3.8, 4) is 0 Å². The van der Waals surface area contributed by atoms with Crippen molar-refractivity contribution in [2.45, 2.75) is 26.0 Å². The van der Waals surface area contributed by atoms with E-state index < -0.39 is 11.9 Å². The summed E-state index contributed by atoms with van der Waals surface area (Å²) in [5.41, 5.74) is 2.77. The summed E-state index contributed by atoms with van der Waals surface area (Å²) in [6.45, 7) is 2.17. The standard InChI is InChI=1S/C21H17ClF2N4O2/c1-12-8-20(26-28(12)11-14-4-7-16(24)9-17(14)22)25-21(29)19-10-18(27-30-19)13-2-5-15(23)6-3-13/h2-9,19H,10-11H2,1H3,(H,25,26,29). The number of oxime groups is 1. The molecule has 0 spiro atoms.